The van der Waals surface area contributed by atoms with E-state index in [4.69, 9.17) is 14.2 Å². The van der Waals surface area contributed by atoms with Crippen molar-refractivity contribution in [3.63, 3.8) is 0 Å². The van der Waals surface area contributed by atoms with E-state index in [-0.39, 0.29) is 12.1 Å². The third-order valence-corrected chi connectivity index (χ3v) is 5.53. The number of carbonyl (C=O) groups is 1. The molecule has 6 heteroatoms. The van der Waals surface area contributed by atoms with Crippen LogP contribution in [0, 0.1) is 5.92 Å². The number of methoxy groups -OCH3 is 1. The molecule has 1 aromatic carbocycles. The number of piperidine rings is 1. The number of nitrogens with zero attached hydrogens (tertiary/aromatic N) is 2. The van der Waals surface area contributed by atoms with E-state index in [1.807, 2.05) is 12.1 Å². The van der Waals surface area contributed by atoms with E-state index < -0.39 is 0 Å². The van der Waals surface area contributed by atoms with Gasteiger partial charge < -0.3 is 14.2 Å². The predicted octanol–water partition coefficient (Wildman–Crippen LogP) is 3.37. The van der Waals surface area contributed by atoms with Crippen LogP contribution in [0.25, 0.3) is 0 Å². The predicted molar refractivity (Wildman–Crippen MR) is 104 cm³/mol. The molecule has 3 heterocycles. The van der Waals surface area contributed by atoms with Crippen LogP contribution in [0.3, 0.4) is 0 Å². The van der Waals surface area contributed by atoms with Gasteiger partial charge in [-0.05, 0) is 55.1 Å². The average molecular weight is 382 g/mol. The van der Waals surface area contributed by atoms with Crippen molar-refractivity contribution in [3.05, 3.63) is 53.7 Å². The number of rotatable bonds is 5. The van der Waals surface area contributed by atoms with Crippen molar-refractivity contribution in [3.8, 4) is 11.6 Å². The highest BCUT2D eigenvalue weighted by atomic mass is 16.6. The number of ether oxygens (including phenoxy) is 3. The fourth-order valence-electron chi connectivity index (χ4n) is 3.84. The minimum Gasteiger partial charge on any atom is -0.484 e. The second-order valence-corrected chi connectivity index (χ2v) is 7.47. The summed E-state index contributed by atoms with van der Waals surface area (Å²) in [5, 5.41) is 0. The molecule has 0 N–H and O–H groups in total. The third-order valence-electron chi connectivity index (χ3n) is 5.53. The molecule has 1 aromatic heterocycles. The zero-order valence-electron chi connectivity index (χ0n) is 16.2. The Morgan fingerprint density at radius 2 is 2.00 bits per heavy atom. The Labute approximate surface area is 165 Å². The normalized spacial score (nSPS) is 20.0. The topological polar surface area (TPSA) is 60.9 Å². The molecule has 0 aliphatic carbocycles. The molecule has 0 bridgehead atoms. The van der Waals surface area contributed by atoms with Crippen LogP contribution < -0.4 is 9.47 Å². The Bertz CT molecular complexity index is 800. The maximum atomic E-state index is 11.4. The highest BCUT2D eigenvalue weighted by Crippen LogP contribution is 2.34. The molecule has 6 nitrogen and oxygen atoms in total. The van der Waals surface area contributed by atoms with Gasteiger partial charge in [-0.15, -0.1) is 0 Å². The molecule has 0 unspecified atom stereocenters. The maximum absolute atomic E-state index is 11.4. The lowest BCUT2D eigenvalue weighted by molar-refractivity contribution is -0.142. The van der Waals surface area contributed by atoms with Gasteiger partial charge in [-0.2, -0.15) is 0 Å². The molecule has 1 atom stereocenters. The summed E-state index contributed by atoms with van der Waals surface area (Å²) in [5.41, 5.74) is 2.38. The molecule has 2 aliphatic heterocycles. The zero-order valence-corrected chi connectivity index (χ0v) is 16.2. The number of benzene rings is 1. The fourth-order valence-corrected chi connectivity index (χ4v) is 3.84. The SMILES string of the molecule is COC(=O)CC1CCN(Cc2ccc([C@H]3COc4cccnc4O3)cc2)CC1. The minimum atomic E-state index is -0.134. The number of esters is 1. The summed E-state index contributed by atoms with van der Waals surface area (Å²) in [7, 11) is 1.46. The quantitative estimate of drug-likeness (QED) is 0.739. The summed E-state index contributed by atoms with van der Waals surface area (Å²) in [4.78, 5) is 18.1. The minimum absolute atomic E-state index is 0.0965. The van der Waals surface area contributed by atoms with Gasteiger partial charge in [0.15, 0.2) is 11.9 Å². The Balaban J connectivity index is 1.29. The Morgan fingerprint density at radius 1 is 1.21 bits per heavy atom. The molecule has 0 amide bonds. The Morgan fingerprint density at radius 3 is 2.75 bits per heavy atom. The van der Waals surface area contributed by atoms with Gasteiger partial charge in [0.05, 0.1) is 7.11 Å². The van der Waals surface area contributed by atoms with Crippen LogP contribution in [0.15, 0.2) is 42.6 Å². The molecule has 0 radical (unpaired) electrons. The van der Waals surface area contributed by atoms with Gasteiger partial charge in [0.2, 0.25) is 0 Å². The molecule has 2 aliphatic rings. The van der Waals surface area contributed by atoms with Crippen LogP contribution in [0.1, 0.15) is 36.5 Å². The zero-order chi connectivity index (χ0) is 19.3. The first-order valence-electron chi connectivity index (χ1n) is 9.84. The number of carbonyl (C=O) groups excluding carboxylic acids is 1. The Kier molecular flexibility index (Phi) is 5.76. The second-order valence-electron chi connectivity index (χ2n) is 7.47. The molecule has 0 saturated carbocycles. The lowest BCUT2D eigenvalue weighted by Crippen LogP contribution is -2.34. The van der Waals surface area contributed by atoms with E-state index in [0.29, 0.717) is 30.6 Å². The fraction of sp³-hybridized carbons (Fsp3) is 0.455. The van der Waals surface area contributed by atoms with E-state index in [0.717, 1.165) is 38.0 Å². The van der Waals surface area contributed by atoms with Crippen LogP contribution in [0.4, 0.5) is 0 Å². The molecule has 1 saturated heterocycles. The summed E-state index contributed by atoms with van der Waals surface area (Å²) < 4.78 is 16.5. The summed E-state index contributed by atoms with van der Waals surface area (Å²) in [6, 6.07) is 12.3. The molecular weight excluding hydrogens is 356 g/mol. The first-order valence-corrected chi connectivity index (χ1v) is 9.84. The van der Waals surface area contributed by atoms with Gasteiger partial charge in [-0.3, -0.25) is 9.69 Å². The molecule has 148 valence electrons. The number of aromatic nitrogens is 1. The molecule has 2 aromatic rings. The van der Waals surface area contributed by atoms with E-state index in [2.05, 4.69) is 34.1 Å². The summed E-state index contributed by atoms with van der Waals surface area (Å²) >= 11 is 0. The second kappa shape index (κ2) is 8.61. The molecule has 4 rings (SSSR count). The molecular formula is C22H26N2O4. The van der Waals surface area contributed by atoms with Crippen LogP contribution in [-0.4, -0.2) is 42.7 Å². The van der Waals surface area contributed by atoms with Crippen molar-refractivity contribution in [2.45, 2.75) is 31.9 Å². The van der Waals surface area contributed by atoms with Crippen molar-refractivity contribution in [2.24, 2.45) is 5.92 Å². The van der Waals surface area contributed by atoms with Crippen LogP contribution in [0.5, 0.6) is 11.6 Å². The molecule has 1 fully saturated rings. The first-order chi connectivity index (χ1) is 13.7. The summed E-state index contributed by atoms with van der Waals surface area (Å²) in [6.45, 7) is 3.46. The first kappa shape index (κ1) is 18.7. The van der Waals surface area contributed by atoms with Gasteiger partial charge in [-0.1, -0.05) is 24.3 Å². The van der Waals surface area contributed by atoms with Crippen molar-refractivity contribution in [2.75, 3.05) is 26.8 Å². The van der Waals surface area contributed by atoms with Gasteiger partial charge in [0, 0.05) is 19.2 Å². The molecule has 28 heavy (non-hydrogen) atoms. The number of likely N-dealkylation sites (tertiary alicyclic amines) is 1. The van der Waals surface area contributed by atoms with E-state index in [1.165, 1.54) is 12.7 Å². The van der Waals surface area contributed by atoms with Crippen molar-refractivity contribution in [1.82, 2.24) is 9.88 Å². The van der Waals surface area contributed by atoms with E-state index >= 15 is 0 Å². The largest absolute Gasteiger partial charge is 0.484 e. The van der Waals surface area contributed by atoms with Gasteiger partial charge in [0.1, 0.15) is 6.61 Å². The van der Waals surface area contributed by atoms with E-state index in [1.54, 1.807) is 6.20 Å². The Hall–Kier alpha value is -2.60. The van der Waals surface area contributed by atoms with Crippen LogP contribution in [0.2, 0.25) is 0 Å². The highest BCUT2D eigenvalue weighted by molar-refractivity contribution is 5.69. The van der Waals surface area contributed by atoms with Crippen molar-refractivity contribution < 1.29 is 19.0 Å². The summed E-state index contributed by atoms with van der Waals surface area (Å²) in [5.74, 6) is 1.61. The smallest absolute Gasteiger partial charge is 0.305 e. The average Bonchev–Trinajstić information content (AvgIpc) is 2.75. The maximum Gasteiger partial charge on any atom is 0.305 e. The van der Waals surface area contributed by atoms with Gasteiger partial charge in [0.25, 0.3) is 5.88 Å². The lowest BCUT2D eigenvalue weighted by Gasteiger charge is -2.31. The van der Waals surface area contributed by atoms with Crippen LogP contribution >= 0.6 is 0 Å². The number of hydrogen-bond donors (Lipinski definition) is 0. The van der Waals surface area contributed by atoms with Gasteiger partial charge >= 0.3 is 5.97 Å². The van der Waals surface area contributed by atoms with E-state index in [9.17, 15) is 4.79 Å². The lowest BCUT2D eigenvalue weighted by atomic mass is 9.93. The van der Waals surface area contributed by atoms with Crippen molar-refractivity contribution >= 4 is 5.97 Å². The number of pyridine rings is 1. The number of fused-ring (bicyclic) bond motifs is 1. The monoisotopic (exact) mass is 382 g/mol. The standard InChI is InChI=1S/C22H26N2O4/c1-26-21(25)13-16-8-11-24(12-9-16)14-17-4-6-18(7-5-17)20-15-27-19-3-2-10-23-22(19)28-20/h2-7,10,16,20H,8-9,11-15H2,1H3/t20-/m1/s1. The molecule has 0 spiro atoms. The highest BCUT2D eigenvalue weighted by Gasteiger charge is 2.24. The third kappa shape index (κ3) is 4.44. The van der Waals surface area contributed by atoms with Gasteiger partial charge in [-0.25, -0.2) is 4.98 Å². The summed E-state index contributed by atoms with van der Waals surface area (Å²) in [6.07, 6.45) is 4.22. The number of hydrogen-bond acceptors (Lipinski definition) is 6. The van der Waals surface area contributed by atoms with Crippen LogP contribution in [-0.2, 0) is 16.1 Å². The van der Waals surface area contributed by atoms with Crippen molar-refractivity contribution in [1.29, 1.82) is 0 Å².